The Kier molecular flexibility index (Phi) is 6.17. The topological polar surface area (TPSA) is 64.6 Å². The van der Waals surface area contributed by atoms with Crippen LogP contribution in [0, 0.1) is 0 Å². The van der Waals surface area contributed by atoms with Gasteiger partial charge in [-0.15, -0.1) is 0 Å². The Bertz CT molecular complexity index is 638. The zero-order valence-electron chi connectivity index (χ0n) is 13.0. The van der Waals surface area contributed by atoms with Crippen LogP contribution in [0.5, 0.6) is 5.75 Å². The molecule has 1 N–H and O–H groups in total. The zero-order chi connectivity index (χ0) is 16.5. The largest absolute Gasteiger partial charge is 0.482 e. The summed E-state index contributed by atoms with van der Waals surface area (Å²) in [6.45, 7) is 0.419. The molecule has 0 unspecified atom stereocenters. The van der Waals surface area contributed by atoms with E-state index in [-0.39, 0.29) is 12.5 Å². The Labute approximate surface area is 135 Å². The van der Waals surface area contributed by atoms with Crippen LogP contribution in [-0.2, 0) is 16.0 Å². The maximum Gasteiger partial charge on any atom is 0.343 e. The third-order valence-electron chi connectivity index (χ3n) is 3.24. The number of amides is 1. The number of rotatable bonds is 7. The number of methoxy groups -OCH3 is 1. The molecule has 2 aromatic rings. The molecule has 120 valence electrons. The van der Waals surface area contributed by atoms with Gasteiger partial charge in [-0.2, -0.15) is 0 Å². The molecule has 1 amide bonds. The van der Waals surface area contributed by atoms with Crippen molar-refractivity contribution in [2.45, 2.75) is 6.42 Å². The molecule has 0 fully saturated rings. The fourth-order valence-corrected chi connectivity index (χ4v) is 1.97. The summed E-state index contributed by atoms with van der Waals surface area (Å²) in [6, 6.07) is 16.6. The molecule has 0 saturated carbocycles. The molecule has 0 aliphatic heterocycles. The van der Waals surface area contributed by atoms with Crippen molar-refractivity contribution in [1.29, 1.82) is 0 Å². The number of carbonyl (C=O) groups is 2. The minimum Gasteiger partial charge on any atom is -0.482 e. The first kappa shape index (κ1) is 16.5. The van der Waals surface area contributed by atoms with Crippen LogP contribution in [0.15, 0.2) is 54.6 Å². The Morgan fingerprint density at radius 3 is 2.35 bits per heavy atom. The van der Waals surface area contributed by atoms with Crippen molar-refractivity contribution in [2.75, 3.05) is 20.3 Å². The highest BCUT2D eigenvalue weighted by atomic mass is 16.6. The van der Waals surface area contributed by atoms with E-state index in [0.717, 1.165) is 6.42 Å². The fraction of sp³-hybridized carbons (Fsp3) is 0.222. The molecule has 2 aromatic carbocycles. The molecule has 0 bridgehead atoms. The van der Waals surface area contributed by atoms with Crippen LogP contribution in [0.25, 0.3) is 0 Å². The van der Waals surface area contributed by atoms with Crippen LogP contribution in [0.2, 0.25) is 0 Å². The third kappa shape index (κ3) is 5.47. The zero-order valence-corrected chi connectivity index (χ0v) is 13.0. The van der Waals surface area contributed by atoms with Gasteiger partial charge in [0.05, 0.1) is 7.11 Å². The first-order chi connectivity index (χ1) is 11.2. The highest BCUT2D eigenvalue weighted by Crippen LogP contribution is 2.12. The number of nitrogens with one attached hydrogen (secondary N) is 1. The summed E-state index contributed by atoms with van der Waals surface area (Å²) < 4.78 is 9.71. The van der Waals surface area contributed by atoms with Gasteiger partial charge in [0.15, 0.2) is 6.61 Å². The molecule has 0 aliphatic rings. The van der Waals surface area contributed by atoms with E-state index in [4.69, 9.17) is 4.74 Å². The van der Waals surface area contributed by atoms with Gasteiger partial charge < -0.3 is 14.8 Å². The van der Waals surface area contributed by atoms with Gasteiger partial charge in [0.2, 0.25) is 0 Å². The summed E-state index contributed by atoms with van der Waals surface area (Å²) in [6.07, 6.45) is 0.785. The summed E-state index contributed by atoms with van der Waals surface area (Å²) in [5.41, 5.74) is 1.72. The number of hydrogen-bond donors (Lipinski definition) is 1. The van der Waals surface area contributed by atoms with Crippen LogP contribution in [0.1, 0.15) is 15.9 Å². The first-order valence-corrected chi connectivity index (χ1v) is 7.31. The second-order valence-corrected chi connectivity index (χ2v) is 4.88. The minimum atomic E-state index is -0.451. The smallest absolute Gasteiger partial charge is 0.343 e. The van der Waals surface area contributed by atoms with Gasteiger partial charge in [0.1, 0.15) is 5.75 Å². The van der Waals surface area contributed by atoms with Crippen LogP contribution in [0.3, 0.4) is 0 Å². The van der Waals surface area contributed by atoms with Gasteiger partial charge in [0, 0.05) is 12.1 Å². The average Bonchev–Trinajstić information content (AvgIpc) is 2.61. The molecule has 23 heavy (non-hydrogen) atoms. The monoisotopic (exact) mass is 313 g/mol. The SMILES string of the molecule is COC(=O)COc1ccc(C(=O)NCCc2ccccc2)cc1. The van der Waals surface area contributed by atoms with Crippen LogP contribution < -0.4 is 10.1 Å². The van der Waals surface area contributed by atoms with Gasteiger partial charge in [-0.25, -0.2) is 4.79 Å². The number of ether oxygens (including phenoxy) is 2. The average molecular weight is 313 g/mol. The Morgan fingerprint density at radius 1 is 1.00 bits per heavy atom. The van der Waals surface area contributed by atoms with Crippen molar-refractivity contribution in [2.24, 2.45) is 0 Å². The molecule has 2 rings (SSSR count). The molecule has 0 radical (unpaired) electrons. The second-order valence-electron chi connectivity index (χ2n) is 4.88. The molecule has 0 spiro atoms. The molecule has 5 nitrogen and oxygen atoms in total. The first-order valence-electron chi connectivity index (χ1n) is 7.31. The second kappa shape index (κ2) is 8.58. The van der Waals surface area contributed by atoms with E-state index >= 15 is 0 Å². The van der Waals surface area contributed by atoms with Crippen molar-refractivity contribution in [3.63, 3.8) is 0 Å². The fourth-order valence-electron chi connectivity index (χ4n) is 1.97. The van der Waals surface area contributed by atoms with E-state index in [1.807, 2.05) is 30.3 Å². The molecule has 0 aromatic heterocycles. The summed E-state index contributed by atoms with van der Waals surface area (Å²) in [4.78, 5) is 23.0. The summed E-state index contributed by atoms with van der Waals surface area (Å²) in [7, 11) is 1.30. The number of esters is 1. The molecule has 0 heterocycles. The Morgan fingerprint density at radius 2 is 1.70 bits per heavy atom. The highest BCUT2D eigenvalue weighted by Gasteiger charge is 2.06. The predicted octanol–water partition coefficient (Wildman–Crippen LogP) is 2.21. The Hall–Kier alpha value is -2.82. The van der Waals surface area contributed by atoms with Crippen molar-refractivity contribution in [3.8, 4) is 5.75 Å². The van der Waals surface area contributed by atoms with Crippen molar-refractivity contribution in [1.82, 2.24) is 5.32 Å². The van der Waals surface area contributed by atoms with Gasteiger partial charge in [0.25, 0.3) is 5.91 Å². The standard InChI is InChI=1S/C18H19NO4/c1-22-17(20)13-23-16-9-7-15(8-10-16)18(21)19-12-11-14-5-3-2-4-6-14/h2-10H,11-13H2,1H3,(H,19,21). The molecular weight excluding hydrogens is 294 g/mol. The quantitative estimate of drug-likeness (QED) is 0.796. The van der Waals surface area contributed by atoms with Crippen molar-refractivity contribution >= 4 is 11.9 Å². The minimum absolute atomic E-state index is 0.138. The van der Waals surface area contributed by atoms with E-state index in [1.54, 1.807) is 24.3 Å². The van der Waals surface area contributed by atoms with E-state index in [0.29, 0.717) is 17.9 Å². The van der Waals surface area contributed by atoms with Gasteiger partial charge in [-0.3, -0.25) is 4.79 Å². The summed E-state index contributed by atoms with van der Waals surface area (Å²) >= 11 is 0. The third-order valence-corrected chi connectivity index (χ3v) is 3.24. The maximum atomic E-state index is 12.0. The lowest BCUT2D eigenvalue weighted by Gasteiger charge is -2.07. The van der Waals surface area contributed by atoms with Crippen LogP contribution in [0.4, 0.5) is 0 Å². The molecule has 0 saturated heterocycles. The lowest BCUT2D eigenvalue weighted by molar-refractivity contribution is -0.142. The maximum absolute atomic E-state index is 12.0. The summed E-state index contributed by atoms with van der Waals surface area (Å²) in [5, 5.41) is 2.87. The van der Waals surface area contributed by atoms with Crippen LogP contribution in [-0.4, -0.2) is 32.1 Å². The van der Waals surface area contributed by atoms with E-state index in [1.165, 1.54) is 12.7 Å². The van der Waals surface area contributed by atoms with E-state index in [2.05, 4.69) is 10.1 Å². The molecular formula is C18H19NO4. The van der Waals surface area contributed by atoms with E-state index in [9.17, 15) is 9.59 Å². The predicted molar refractivity (Wildman–Crippen MR) is 86.4 cm³/mol. The van der Waals surface area contributed by atoms with Crippen molar-refractivity contribution in [3.05, 3.63) is 65.7 Å². The number of hydrogen-bond acceptors (Lipinski definition) is 4. The Balaban J connectivity index is 1.79. The van der Waals surface area contributed by atoms with Gasteiger partial charge in [-0.1, -0.05) is 30.3 Å². The lowest BCUT2D eigenvalue weighted by Crippen LogP contribution is -2.25. The molecule has 5 heteroatoms. The van der Waals surface area contributed by atoms with E-state index < -0.39 is 5.97 Å². The highest BCUT2D eigenvalue weighted by molar-refractivity contribution is 5.94. The number of benzene rings is 2. The lowest BCUT2D eigenvalue weighted by atomic mass is 10.1. The molecule has 0 atom stereocenters. The molecule has 0 aliphatic carbocycles. The van der Waals surface area contributed by atoms with Gasteiger partial charge in [-0.05, 0) is 36.2 Å². The normalized spacial score (nSPS) is 9.96. The number of carbonyl (C=O) groups excluding carboxylic acids is 2. The van der Waals surface area contributed by atoms with Crippen molar-refractivity contribution < 1.29 is 19.1 Å². The van der Waals surface area contributed by atoms with Gasteiger partial charge >= 0.3 is 5.97 Å². The summed E-state index contributed by atoms with van der Waals surface area (Å²) in [5.74, 6) is -0.0792. The van der Waals surface area contributed by atoms with Crippen LogP contribution >= 0.6 is 0 Å².